The largest absolute Gasteiger partial charge is 0.340 e. The first-order valence-corrected chi connectivity index (χ1v) is 9.92. The molecular weight excluding hydrogens is 312 g/mol. The van der Waals surface area contributed by atoms with E-state index in [4.69, 9.17) is 0 Å². The third-order valence-electron chi connectivity index (χ3n) is 4.90. The fourth-order valence-corrected chi connectivity index (χ4v) is 4.69. The lowest BCUT2D eigenvalue weighted by molar-refractivity contribution is -0.133. The van der Waals surface area contributed by atoms with Gasteiger partial charge in [0.2, 0.25) is 5.91 Å². The molecule has 1 atom stereocenters. The maximum absolute atomic E-state index is 12.4. The average molecular weight is 336 g/mol. The van der Waals surface area contributed by atoms with Crippen LogP contribution in [0.4, 0.5) is 0 Å². The second-order valence-electron chi connectivity index (χ2n) is 6.55. The lowest BCUT2D eigenvalue weighted by Gasteiger charge is -2.37. The number of sulfone groups is 1. The molecule has 6 heteroatoms. The molecule has 2 aliphatic rings. The number of hydrogen-bond donors (Lipinski definition) is 0. The molecular formula is C17H24N2O3S. The zero-order chi connectivity index (χ0) is 16.4. The third-order valence-corrected chi connectivity index (χ3v) is 6.64. The van der Waals surface area contributed by atoms with E-state index in [1.54, 1.807) is 24.3 Å². The van der Waals surface area contributed by atoms with E-state index in [0.717, 1.165) is 38.2 Å². The molecule has 126 valence electrons. The van der Waals surface area contributed by atoms with Gasteiger partial charge in [-0.25, -0.2) is 8.42 Å². The third kappa shape index (κ3) is 3.75. The molecule has 1 aromatic rings. The van der Waals surface area contributed by atoms with Crippen molar-refractivity contribution in [2.45, 2.75) is 37.1 Å². The van der Waals surface area contributed by atoms with E-state index in [2.05, 4.69) is 4.90 Å². The van der Waals surface area contributed by atoms with Crippen LogP contribution in [-0.2, 0) is 14.6 Å². The molecule has 1 aromatic carbocycles. The molecule has 0 radical (unpaired) electrons. The van der Waals surface area contributed by atoms with Gasteiger partial charge in [0.1, 0.15) is 0 Å². The Kier molecular flexibility index (Phi) is 4.73. The van der Waals surface area contributed by atoms with Gasteiger partial charge in [-0.2, -0.15) is 0 Å². The van der Waals surface area contributed by atoms with Crippen LogP contribution in [-0.4, -0.2) is 62.1 Å². The van der Waals surface area contributed by atoms with Crippen LogP contribution in [0, 0.1) is 6.92 Å². The highest BCUT2D eigenvalue weighted by molar-refractivity contribution is 7.91. The monoisotopic (exact) mass is 336 g/mol. The van der Waals surface area contributed by atoms with Crippen LogP contribution < -0.4 is 0 Å². The number of amides is 1. The van der Waals surface area contributed by atoms with Gasteiger partial charge >= 0.3 is 0 Å². The molecule has 0 N–H and O–H groups in total. The first-order chi connectivity index (χ1) is 11.0. The number of piperazine rings is 1. The van der Waals surface area contributed by atoms with Gasteiger partial charge in [-0.3, -0.25) is 9.69 Å². The highest BCUT2D eigenvalue weighted by Gasteiger charge is 2.32. The average Bonchev–Trinajstić information content (AvgIpc) is 3.00. The standard InChI is InChI=1S/C17H24N2O3S/c1-14-4-6-16(7-5-14)23(21,22)12-8-17(20)19-11-10-18-9-2-3-15(18)13-19/h4-7,15H,2-3,8-13H2,1H3/t15-/m0/s1. The predicted molar refractivity (Wildman–Crippen MR) is 89.0 cm³/mol. The van der Waals surface area contributed by atoms with Crippen molar-refractivity contribution < 1.29 is 13.2 Å². The van der Waals surface area contributed by atoms with E-state index in [-0.39, 0.29) is 18.1 Å². The smallest absolute Gasteiger partial charge is 0.223 e. The Balaban J connectivity index is 1.57. The van der Waals surface area contributed by atoms with Crippen LogP contribution >= 0.6 is 0 Å². The number of hydrogen-bond acceptors (Lipinski definition) is 4. The molecule has 0 saturated carbocycles. The Morgan fingerprint density at radius 3 is 2.65 bits per heavy atom. The number of carbonyl (C=O) groups is 1. The van der Waals surface area contributed by atoms with Gasteiger partial charge in [0.05, 0.1) is 10.6 Å². The van der Waals surface area contributed by atoms with Crippen LogP contribution in [0.2, 0.25) is 0 Å². The second kappa shape index (κ2) is 6.61. The Bertz CT molecular complexity index is 670. The number of rotatable bonds is 4. The summed E-state index contributed by atoms with van der Waals surface area (Å²) >= 11 is 0. The predicted octanol–water partition coefficient (Wildman–Crippen LogP) is 1.47. The van der Waals surface area contributed by atoms with Crippen molar-refractivity contribution in [1.82, 2.24) is 9.80 Å². The molecule has 2 heterocycles. The number of carbonyl (C=O) groups excluding carboxylic acids is 1. The number of benzene rings is 1. The van der Waals surface area contributed by atoms with Crippen LogP contribution in [0.25, 0.3) is 0 Å². The van der Waals surface area contributed by atoms with Gasteiger partial charge in [-0.1, -0.05) is 17.7 Å². The van der Waals surface area contributed by atoms with E-state index in [1.807, 2.05) is 11.8 Å². The molecule has 0 aliphatic carbocycles. The van der Waals surface area contributed by atoms with Gasteiger partial charge in [0.15, 0.2) is 9.84 Å². The molecule has 0 aromatic heterocycles. The normalized spacial score (nSPS) is 22.1. The highest BCUT2D eigenvalue weighted by Crippen LogP contribution is 2.22. The van der Waals surface area contributed by atoms with Crippen molar-refractivity contribution >= 4 is 15.7 Å². The number of aryl methyl sites for hydroxylation is 1. The zero-order valence-corrected chi connectivity index (χ0v) is 14.4. The summed E-state index contributed by atoms with van der Waals surface area (Å²) in [6.45, 7) is 5.45. The molecule has 0 spiro atoms. The summed E-state index contributed by atoms with van der Waals surface area (Å²) in [4.78, 5) is 16.9. The fourth-order valence-electron chi connectivity index (χ4n) is 3.46. The quantitative estimate of drug-likeness (QED) is 0.835. The summed E-state index contributed by atoms with van der Waals surface area (Å²) in [5.41, 5.74) is 1.02. The summed E-state index contributed by atoms with van der Waals surface area (Å²) in [6.07, 6.45) is 2.42. The van der Waals surface area contributed by atoms with E-state index >= 15 is 0 Å². The Morgan fingerprint density at radius 2 is 1.91 bits per heavy atom. The minimum absolute atomic E-state index is 0.0350. The van der Waals surface area contributed by atoms with Gasteiger partial charge in [0.25, 0.3) is 0 Å². The summed E-state index contributed by atoms with van der Waals surface area (Å²) in [5, 5.41) is 0. The van der Waals surface area contributed by atoms with Gasteiger partial charge < -0.3 is 4.90 Å². The Hall–Kier alpha value is -1.40. The van der Waals surface area contributed by atoms with Gasteiger partial charge in [-0.15, -0.1) is 0 Å². The van der Waals surface area contributed by atoms with Crippen molar-refractivity contribution in [2.75, 3.05) is 31.9 Å². The van der Waals surface area contributed by atoms with Gasteiger partial charge in [-0.05, 0) is 38.4 Å². The minimum Gasteiger partial charge on any atom is -0.340 e. The summed E-state index contributed by atoms with van der Waals surface area (Å²) < 4.78 is 24.7. The van der Waals surface area contributed by atoms with Crippen molar-refractivity contribution in [3.63, 3.8) is 0 Å². The minimum atomic E-state index is -3.39. The van der Waals surface area contributed by atoms with Crippen LogP contribution in [0.3, 0.4) is 0 Å². The van der Waals surface area contributed by atoms with Crippen molar-refractivity contribution in [2.24, 2.45) is 0 Å². The molecule has 3 rings (SSSR count). The molecule has 1 amide bonds. The summed E-state index contributed by atoms with van der Waals surface area (Å²) in [6, 6.07) is 7.28. The van der Waals surface area contributed by atoms with Crippen LogP contribution in [0.15, 0.2) is 29.2 Å². The molecule has 0 bridgehead atoms. The van der Waals surface area contributed by atoms with Crippen LogP contribution in [0.1, 0.15) is 24.8 Å². The maximum Gasteiger partial charge on any atom is 0.223 e. The van der Waals surface area contributed by atoms with E-state index in [1.165, 1.54) is 6.42 Å². The van der Waals surface area contributed by atoms with Gasteiger partial charge in [0, 0.05) is 32.1 Å². The van der Waals surface area contributed by atoms with E-state index < -0.39 is 9.84 Å². The zero-order valence-electron chi connectivity index (χ0n) is 13.6. The highest BCUT2D eigenvalue weighted by atomic mass is 32.2. The molecule has 2 saturated heterocycles. The fraction of sp³-hybridized carbons (Fsp3) is 0.588. The second-order valence-corrected chi connectivity index (χ2v) is 8.66. The molecule has 0 unspecified atom stereocenters. The first-order valence-electron chi connectivity index (χ1n) is 8.27. The SMILES string of the molecule is Cc1ccc(S(=O)(=O)CCC(=O)N2CCN3CCC[C@H]3C2)cc1. The molecule has 23 heavy (non-hydrogen) atoms. The molecule has 2 aliphatic heterocycles. The van der Waals surface area contributed by atoms with E-state index in [9.17, 15) is 13.2 Å². The van der Waals surface area contributed by atoms with E-state index in [0.29, 0.717) is 10.9 Å². The Labute approximate surface area is 138 Å². The number of fused-ring (bicyclic) bond motifs is 1. The molecule has 2 fully saturated rings. The lowest BCUT2D eigenvalue weighted by Crippen LogP contribution is -2.52. The van der Waals surface area contributed by atoms with Crippen molar-refractivity contribution in [3.05, 3.63) is 29.8 Å². The van der Waals surface area contributed by atoms with Crippen LogP contribution in [0.5, 0.6) is 0 Å². The maximum atomic E-state index is 12.4. The van der Waals surface area contributed by atoms with Crippen molar-refractivity contribution in [1.29, 1.82) is 0 Å². The topological polar surface area (TPSA) is 57.7 Å². The number of nitrogens with zero attached hydrogens (tertiary/aromatic N) is 2. The lowest BCUT2D eigenvalue weighted by atomic mass is 10.1. The summed E-state index contributed by atoms with van der Waals surface area (Å²) in [5.74, 6) is -0.146. The first kappa shape index (κ1) is 16.5. The Morgan fingerprint density at radius 1 is 1.17 bits per heavy atom. The van der Waals surface area contributed by atoms with Crippen molar-refractivity contribution in [3.8, 4) is 0 Å². The molecule has 5 nitrogen and oxygen atoms in total. The summed E-state index contributed by atoms with van der Waals surface area (Å²) in [7, 11) is -3.39.